The van der Waals surface area contributed by atoms with Gasteiger partial charge in [0.05, 0.1) is 6.61 Å². The lowest BCUT2D eigenvalue weighted by Gasteiger charge is -2.03. The number of benzene rings is 1. The van der Waals surface area contributed by atoms with Crippen molar-refractivity contribution in [2.75, 3.05) is 12.3 Å². The SMILES string of the molecule is CCCCCCCCCCOC(=O)/C=C/Cc1ccc(N)cc1. The Bertz CT molecular complexity index is 451. The van der Waals surface area contributed by atoms with E-state index in [0.717, 1.165) is 24.1 Å². The monoisotopic (exact) mass is 317 g/mol. The van der Waals surface area contributed by atoms with Gasteiger partial charge in [-0.3, -0.25) is 0 Å². The summed E-state index contributed by atoms with van der Waals surface area (Å²) in [5, 5.41) is 0. The zero-order valence-corrected chi connectivity index (χ0v) is 14.4. The van der Waals surface area contributed by atoms with E-state index < -0.39 is 0 Å². The predicted molar refractivity (Wildman–Crippen MR) is 97.3 cm³/mol. The van der Waals surface area contributed by atoms with Crippen molar-refractivity contribution in [3.8, 4) is 0 Å². The molecule has 0 aliphatic heterocycles. The van der Waals surface area contributed by atoms with Gasteiger partial charge in [-0.1, -0.05) is 70.1 Å². The van der Waals surface area contributed by atoms with Gasteiger partial charge in [0.2, 0.25) is 0 Å². The van der Waals surface area contributed by atoms with Gasteiger partial charge in [0.25, 0.3) is 0 Å². The van der Waals surface area contributed by atoms with E-state index in [2.05, 4.69) is 6.92 Å². The van der Waals surface area contributed by atoms with Crippen molar-refractivity contribution in [2.45, 2.75) is 64.7 Å². The third-order valence-corrected chi connectivity index (χ3v) is 3.83. The molecule has 0 bridgehead atoms. The van der Waals surface area contributed by atoms with Gasteiger partial charge in [-0.15, -0.1) is 0 Å². The summed E-state index contributed by atoms with van der Waals surface area (Å²) in [6.07, 6.45) is 14.0. The lowest BCUT2D eigenvalue weighted by atomic mass is 10.1. The zero-order valence-electron chi connectivity index (χ0n) is 14.4. The van der Waals surface area contributed by atoms with Crippen molar-refractivity contribution in [1.29, 1.82) is 0 Å². The van der Waals surface area contributed by atoms with E-state index in [4.69, 9.17) is 10.5 Å². The minimum Gasteiger partial charge on any atom is -0.463 e. The fourth-order valence-electron chi connectivity index (χ4n) is 2.40. The highest BCUT2D eigenvalue weighted by Crippen LogP contribution is 2.09. The van der Waals surface area contributed by atoms with Crippen LogP contribution in [0.2, 0.25) is 0 Å². The molecule has 0 spiro atoms. The number of anilines is 1. The molecule has 0 amide bonds. The summed E-state index contributed by atoms with van der Waals surface area (Å²) < 4.78 is 5.20. The molecule has 0 aliphatic carbocycles. The summed E-state index contributed by atoms with van der Waals surface area (Å²) in [6.45, 7) is 2.76. The lowest BCUT2D eigenvalue weighted by molar-refractivity contribution is -0.137. The largest absolute Gasteiger partial charge is 0.463 e. The van der Waals surface area contributed by atoms with E-state index in [1.54, 1.807) is 0 Å². The van der Waals surface area contributed by atoms with Gasteiger partial charge in [-0.25, -0.2) is 4.79 Å². The van der Waals surface area contributed by atoms with Crippen LogP contribution in [-0.4, -0.2) is 12.6 Å². The van der Waals surface area contributed by atoms with Crippen LogP contribution < -0.4 is 5.73 Å². The van der Waals surface area contributed by atoms with Crippen LogP contribution in [0.5, 0.6) is 0 Å². The summed E-state index contributed by atoms with van der Waals surface area (Å²) in [4.78, 5) is 11.6. The van der Waals surface area contributed by atoms with E-state index >= 15 is 0 Å². The summed E-state index contributed by atoms with van der Waals surface area (Å²) >= 11 is 0. The summed E-state index contributed by atoms with van der Waals surface area (Å²) in [5.41, 5.74) is 7.51. The Morgan fingerprint density at radius 1 is 1.00 bits per heavy atom. The number of hydrogen-bond donors (Lipinski definition) is 1. The molecule has 0 unspecified atom stereocenters. The Kier molecular flexibility index (Phi) is 10.7. The molecule has 0 aliphatic rings. The first-order valence-electron chi connectivity index (χ1n) is 8.90. The van der Waals surface area contributed by atoms with Gasteiger partial charge in [0.15, 0.2) is 0 Å². The molecular weight excluding hydrogens is 286 g/mol. The fourth-order valence-corrected chi connectivity index (χ4v) is 2.40. The average molecular weight is 317 g/mol. The van der Waals surface area contributed by atoms with Crippen LogP contribution >= 0.6 is 0 Å². The number of carbonyl (C=O) groups is 1. The molecule has 3 heteroatoms. The number of nitrogens with two attached hydrogens (primary N) is 1. The van der Waals surface area contributed by atoms with Crippen molar-refractivity contribution in [3.05, 3.63) is 42.0 Å². The standard InChI is InChI=1S/C20H31NO2/c1-2-3-4-5-6-7-8-9-17-23-20(22)12-10-11-18-13-15-19(21)16-14-18/h10,12-16H,2-9,11,17,21H2,1H3/b12-10+. The summed E-state index contributed by atoms with van der Waals surface area (Å²) in [7, 11) is 0. The minimum absolute atomic E-state index is 0.247. The van der Waals surface area contributed by atoms with E-state index in [0.29, 0.717) is 13.0 Å². The number of carbonyl (C=O) groups excluding carboxylic acids is 1. The average Bonchev–Trinajstić information content (AvgIpc) is 2.55. The van der Waals surface area contributed by atoms with Crippen molar-refractivity contribution >= 4 is 11.7 Å². The highest BCUT2D eigenvalue weighted by Gasteiger charge is 1.97. The molecule has 0 aromatic heterocycles. The normalized spacial score (nSPS) is 11.0. The molecule has 0 fully saturated rings. The first-order chi connectivity index (χ1) is 11.2. The Morgan fingerprint density at radius 3 is 2.26 bits per heavy atom. The maximum Gasteiger partial charge on any atom is 0.330 e. The van der Waals surface area contributed by atoms with E-state index in [9.17, 15) is 4.79 Å². The van der Waals surface area contributed by atoms with Crippen LogP contribution in [0.4, 0.5) is 5.69 Å². The quantitative estimate of drug-likeness (QED) is 0.254. The number of nitrogen functional groups attached to an aromatic ring is 1. The zero-order chi connectivity index (χ0) is 16.8. The molecule has 0 atom stereocenters. The Labute approximate surface area is 140 Å². The van der Waals surface area contributed by atoms with Crippen LogP contribution in [0, 0.1) is 0 Å². The molecule has 1 rings (SSSR count). The maximum atomic E-state index is 11.6. The third kappa shape index (κ3) is 10.6. The predicted octanol–water partition coefficient (Wildman–Crippen LogP) is 5.05. The minimum atomic E-state index is -0.247. The molecule has 128 valence electrons. The van der Waals surface area contributed by atoms with E-state index in [1.165, 1.54) is 44.6 Å². The van der Waals surface area contributed by atoms with Gasteiger partial charge in [-0.05, 0) is 30.5 Å². The van der Waals surface area contributed by atoms with Crippen molar-refractivity contribution in [2.24, 2.45) is 0 Å². The van der Waals surface area contributed by atoms with E-state index in [-0.39, 0.29) is 5.97 Å². The molecule has 23 heavy (non-hydrogen) atoms. The van der Waals surface area contributed by atoms with Crippen LogP contribution in [-0.2, 0) is 16.0 Å². The second-order valence-electron chi connectivity index (χ2n) is 5.99. The number of unbranched alkanes of at least 4 members (excludes halogenated alkanes) is 7. The molecule has 0 saturated carbocycles. The molecule has 2 N–H and O–H groups in total. The molecule has 0 heterocycles. The first kappa shape index (κ1) is 19.3. The van der Waals surface area contributed by atoms with Crippen molar-refractivity contribution < 1.29 is 9.53 Å². The smallest absolute Gasteiger partial charge is 0.330 e. The maximum absolute atomic E-state index is 11.6. The highest BCUT2D eigenvalue weighted by molar-refractivity contribution is 5.81. The Morgan fingerprint density at radius 2 is 1.61 bits per heavy atom. The summed E-state index contributed by atoms with van der Waals surface area (Å²) in [5.74, 6) is -0.247. The van der Waals surface area contributed by atoms with Crippen molar-refractivity contribution in [1.82, 2.24) is 0 Å². The van der Waals surface area contributed by atoms with Gasteiger partial charge in [0, 0.05) is 11.8 Å². The van der Waals surface area contributed by atoms with E-state index in [1.807, 2.05) is 30.3 Å². The number of hydrogen-bond acceptors (Lipinski definition) is 3. The number of ether oxygens (including phenoxy) is 1. The Balaban J connectivity index is 1.99. The second kappa shape index (κ2) is 12.7. The van der Waals surface area contributed by atoms with Gasteiger partial charge in [-0.2, -0.15) is 0 Å². The number of esters is 1. The first-order valence-corrected chi connectivity index (χ1v) is 8.90. The number of allylic oxidation sites excluding steroid dienone is 1. The molecule has 1 aromatic carbocycles. The van der Waals surface area contributed by atoms with Crippen LogP contribution in [0.3, 0.4) is 0 Å². The van der Waals surface area contributed by atoms with Crippen LogP contribution in [0.1, 0.15) is 63.9 Å². The van der Waals surface area contributed by atoms with Gasteiger partial charge in [0.1, 0.15) is 0 Å². The molecule has 0 radical (unpaired) electrons. The second-order valence-corrected chi connectivity index (χ2v) is 5.99. The van der Waals surface area contributed by atoms with Crippen LogP contribution in [0.15, 0.2) is 36.4 Å². The van der Waals surface area contributed by atoms with Crippen LogP contribution in [0.25, 0.3) is 0 Å². The highest BCUT2D eigenvalue weighted by atomic mass is 16.5. The molecular formula is C20H31NO2. The molecule has 1 aromatic rings. The van der Waals surface area contributed by atoms with Gasteiger partial charge < -0.3 is 10.5 Å². The van der Waals surface area contributed by atoms with Gasteiger partial charge >= 0.3 is 5.97 Å². The van der Waals surface area contributed by atoms with Crippen molar-refractivity contribution in [3.63, 3.8) is 0 Å². The lowest BCUT2D eigenvalue weighted by Crippen LogP contribution is -2.02. The molecule has 0 saturated heterocycles. The topological polar surface area (TPSA) is 52.3 Å². The fraction of sp³-hybridized carbons (Fsp3) is 0.550. The Hall–Kier alpha value is -1.77. The number of rotatable bonds is 12. The third-order valence-electron chi connectivity index (χ3n) is 3.83. The molecule has 3 nitrogen and oxygen atoms in total. The summed E-state index contributed by atoms with van der Waals surface area (Å²) in [6, 6.07) is 7.66.